The third kappa shape index (κ3) is 7.99. The number of rotatable bonds is 6. The minimum atomic E-state index is -4.88. The third-order valence-corrected chi connectivity index (χ3v) is 2.11. The molecular formula is C9H18BF3KN. The quantitative estimate of drug-likeness (QED) is 0.600. The van der Waals surface area contributed by atoms with Gasteiger partial charge in [0.1, 0.15) is 0 Å². The van der Waals surface area contributed by atoms with Crippen LogP contribution in [0, 0.1) is 0 Å². The number of hydrogen-bond donors (Lipinski definition) is 0. The van der Waals surface area contributed by atoms with Crippen molar-refractivity contribution in [1.29, 1.82) is 0 Å². The fraction of sp³-hybridized carbons (Fsp3) is 0.778. The molecule has 0 aromatic carbocycles. The van der Waals surface area contributed by atoms with E-state index in [9.17, 15) is 12.9 Å². The first-order chi connectivity index (χ1) is 6.29. The molecule has 0 saturated carbocycles. The van der Waals surface area contributed by atoms with Crippen molar-refractivity contribution in [3.05, 3.63) is 12.1 Å². The second-order valence-corrected chi connectivity index (χ2v) is 3.80. The van der Waals surface area contributed by atoms with Gasteiger partial charge in [-0.3, -0.25) is 0 Å². The van der Waals surface area contributed by atoms with Crippen LogP contribution in [0.3, 0.4) is 0 Å². The fourth-order valence-corrected chi connectivity index (χ4v) is 1.17. The van der Waals surface area contributed by atoms with E-state index in [-0.39, 0.29) is 64.0 Å². The minimum absolute atomic E-state index is 0. The van der Waals surface area contributed by atoms with Crippen LogP contribution in [-0.2, 0) is 0 Å². The van der Waals surface area contributed by atoms with Gasteiger partial charge in [-0.05, 0) is 33.4 Å². The molecule has 0 aromatic rings. The van der Waals surface area contributed by atoms with Crippen LogP contribution in [0.4, 0.5) is 12.9 Å². The average molecular weight is 247 g/mol. The summed E-state index contributed by atoms with van der Waals surface area (Å²) >= 11 is 0. The van der Waals surface area contributed by atoms with Crippen molar-refractivity contribution >= 4 is 6.98 Å². The van der Waals surface area contributed by atoms with Crippen LogP contribution in [0.1, 0.15) is 27.2 Å². The molecule has 0 atom stereocenters. The second kappa shape index (κ2) is 8.31. The van der Waals surface area contributed by atoms with Crippen molar-refractivity contribution in [2.24, 2.45) is 0 Å². The zero-order valence-corrected chi connectivity index (χ0v) is 13.2. The summed E-state index contributed by atoms with van der Waals surface area (Å²) in [6.07, 6.45) is 0.857. The first kappa shape index (κ1) is 18.6. The smallest absolute Gasteiger partial charge is 0.445 e. The molecule has 0 unspecified atom stereocenters. The zero-order chi connectivity index (χ0) is 11.4. The van der Waals surface area contributed by atoms with Crippen molar-refractivity contribution in [1.82, 2.24) is 4.90 Å². The van der Waals surface area contributed by atoms with Gasteiger partial charge < -0.3 is 17.8 Å². The van der Waals surface area contributed by atoms with Crippen molar-refractivity contribution in [2.45, 2.75) is 33.2 Å². The van der Waals surface area contributed by atoms with Gasteiger partial charge in [-0.15, -0.1) is 12.1 Å². The summed E-state index contributed by atoms with van der Waals surface area (Å²) in [6.45, 7) is 4.58. The molecule has 0 fully saturated rings. The van der Waals surface area contributed by atoms with Gasteiger partial charge in [0.2, 0.25) is 0 Å². The first-order valence-corrected chi connectivity index (χ1v) is 4.90. The molecule has 0 saturated heterocycles. The summed E-state index contributed by atoms with van der Waals surface area (Å²) < 4.78 is 36.7. The van der Waals surface area contributed by atoms with Gasteiger partial charge in [-0.25, -0.2) is 0 Å². The maximum absolute atomic E-state index is 12.2. The Balaban J connectivity index is 0. The Morgan fingerprint density at radius 2 is 1.80 bits per heavy atom. The Bertz CT molecular complexity index is 194. The van der Waals surface area contributed by atoms with Crippen LogP contribution in [0.15, 0.2) is 12.1 Å². The molecule has 84 valence electrons. The number of halogens is 3. The van der Waals surface area contributed by atoms with E-state index in [1.165, 1.54) is 0 Å². The summed E-state index contributed by atoms with van der Waals surface area (Å²) in [5, 5.41) is 0. The van der Waals surface area contributed by atoms with Gasteiger partial charge in [0.15, 0.2) is 0 Å². The standard InChI is InChI=1S/C9H18BF3N.K/c1-5-6-14(8(2)3)7-9(4)10(11,12)13;/h8H,4-7H2,1-3H3;/q-1;+1. The van der Waals surface area contributed by atoms with E-state index in [4.69, 9.17) is 0 Å². The summed E-state index contributed by atoms with van der Waals surface area (Å²) in [7, 11) is 0. The fourth-order valence-electron chi connectivity index (χ4n) is 1.17. The molecule has 1 nitrogen and oxygen atoms in total. The van der Waals surface area contributed by atoms with Crippen molar-refractivity contribution in [3.8, 4) is 0 Å². The van der Waals surface area contributed by atoms with E-state index in [1.807, 2.05) is 20.8 Å². The Morgan fingerprint density at radius 3 is 2.07 bits per heavy atom. The molecule has 0 heterocycles. The molecule has 15 heavy (non-hydrogen) atoms. The minimum Gasteiger partial charge on any atom is -0.445 e. The van der Waals surface area contributed by atoms with Gasteiger partial charge in [0.05, 0.1) is 0 Å². The molecule has 0 bridgehead atoms. The maximum atomic E-state index is 12.2. The Kier molecular flexibility index (Phi) is 10.3. The van der Waals surface area contributed by atoms with E-state index in [0.29, 0.717) is 6.54 Å². The molecule has 0 aromatic heterocycles. The van der Waals surface area contributed by atoms with Crippen LogP contribution in [0.5, 0.6) is 0 Å². The van der Waals surface area contributed by atoms with Crippen LogP contribution < -0.4 is 51.4 Å². The molecule has 6 heteroatoms. The largest absolute Gasteiger partial charge is 1.00 e. The van der Waals surface area contributed by atoms with Crippen molar-refractivity contribution in [3.63, 3.8) is 0 Å². The molecule has 0 N–H and O–H groups in total. The molecule has 0 aliphatic heterocycles. The van der Waals surface area contributed by atoms with E-state index < -0.39 is 12.4 Å². The molecule has 0 radical (unpaired) electrons. The zero-order valence-electron chi connectivity index (χ0n) is 10.1. The molecule has 0 rings (SSSR count). The van der Waals surface area contributed by atoms with Crippen LogP contribution in [0.25, 0.3) is 0 Å². The van der Waals surface area contributed by atoms with Gasteiger partial charge >= 0.3 is 58.4 Å². The Hall–Kier alpha value is 1.19. The summed E-state index contributed by atoms with van der Waals surface area (Å²) in [6, 6.07) is 0.129. The van der Waals surface area contributed by atoms with Crippen molar-refractivity contribution < 1.29 is 64.3 Å². The number of hydrogen-bond acceptors (Lipinski definition) is 1. The predicted molar refractivity (Wildman–Crippen MR) is 55.2 cm³/mol. The molecular weight excluding hydrogens is 229 g/mol. The maximum Gasteiger partial charge on any atom is 1.00 e. The first-order valence-electron chi connectivity index (χ1n) is 4.90. The molecule has 0 aliphatic carbocycles. The normalized spacial score (nSPS) is 11.7. The second-order valence-electron chi connectivity index (χ2n) is 3.80. The van der Waals surface area contributed by atoms with Gasteiger partial charge in [0.25, 0.3) is 0 Å². The Labute approximate surface area is 133 Å². The molecule has 0 amide bonds. The monoisotopic (exact) mass is 247 g/mol. The molecule has 0 spiro atoms. The van der Waals surface area contributed by atoms with Gasteiger partial charge in [0, 0.05) is 6.04 Å². The van der Waals surface area contributed by atoms with Crippen molar-refractivity contribution in [2.75, 3.05) is 13.1 Å². The Morgan fingerprint density at radius 1 is 1.33 bits per heavy atom. The van der Waals surface area contributed by atoms with Crippen LogP contribution in [-0.4, -0.2) is 31.0 Å². The van der Waals surface area contributed by atoms with Crippen LogP contribution >= 0.6 is 0 Å². The summed E-state index contributed by atoms with van der Waals surface area (Å²) in [5.41, 5.74) is -0.604. The number of nitrogens with zero attached hydrogens (tertiary/aromatic N) is 1. The average Bonchev–Trinajstić information content (AvgIpc) is 2.01. The molecule has 0 aliphatic rings. The van der Waals surface area contributed by atoms with Crippen LogP contribution in [0.2, 0.25) is 0 Å². The van der Waals surface area contributed by atoms with E-state index in [2.05, 4.69) is 6.58 Å². The van der Waals surface area contributed by atoms with Gasteiger partial charge in [-0.2, -0.15) is 0 Å². The third-order valence-electron chi connectivity index (χ3n) is 2.11. The SMILES string of the molecule is C=C(CN(CCC)C(C)C)[B-](F)(F)F.[K+]. The van der Waals surface area contributed by atoms with Gasteiger partial charge in [-0.1, -0.05) is 6.92 Å². The van der Waals surface area contributed by atoms with E-state index >= 15 is 0 Å². The predicted octanol–water partition coefficient (Wildman–Crippen LogP) is 0.0536. The van der Waals surface area contributed by atoms with E-state index in [0.717, 1.165) is 6.42 Å². The summed E-state index contributed by atoms with van der Waals surface area (Å²) in [5.74, 6) is 0. The topological polar surface area (TPSA) is 3.24 Å². The van der Waals surface area contributed by atoms with E-state index in [1.54, 1.807) is 4.90 Å². The summed E-state index contributed by atoms with van der Waals surface area (Å²) in [4.78, 5) is 1.79.